The van der Waals surface area contributed by atoms with Gasteiger partial charge in [0.1, 0.15) is 5.65 Å². The van der Waals surface area contributed by atoms with E-state index in [2.05, 4.69) is 26.5 Å². The molecule has 0 saturated carbocycles. The second-order valence-electron chi connectivity index (χ2n) is 8.12. The SMILES string of the molecule is CN(Cc1cccc2[nH]ncc12)/N=C\c1c(C=O)n(C)c2nc(Cc3ccn(C)n3)ccc12. The Bertz CT molecular complexity index is 1490. The Morgan fingerprint density at radius 1 is 1.12 bits per heavy atom. The number of carbonyl (C=O) groups is 1. The number of aromatic nitrogens is 6. The minimum atomic E-state index is 0.543. The van der Waals surface area contributed by atoms with Crippen LogP contribution in [0.25, 0.3) is 21.9 Å². The standard InChI is InChI=1S/C24H24N8O/c1-30-10-9-18(29-30)11-17-7-8-19-21(23(15-33)32(3)24(19)27-17)13-26-31(2)14-16-5-4-6-22-20(16)12-25-28-22/h4-10,12-13,15H,11,14H2,1-3H3,(H,25,28)/b26-13-. The van der Waals surface area contributed by atoms with Crippen LogP contribution in [0.1, 0.15) is 33.0 Å². The summed E-state index contributed by atoms with van der Waals surface area (Å²) in [5.74, 6) is 0. The minimum Gasteiger partial charge on any atom is -0.326 e. The third kappa shape index (κ3) is 3.89. The number of rotatable bonds is 7. The molecule has 0 saturated heterocycles. The normalized spacial score (nSPS) is 11.7. The van der Waals surface area contributed by atoms with Crippen molar-refractivity contribution < 1.29 is 4.79 Å². The number of fused-ring (bicyclic) bond motifs is 2. The van der Waals surface area contributed by atoms with Gasteiger partial charge in [-0.1, -0.05) is 12.1 Å². The molecular weight excluding hydrogens is 416 g/mol. The lowest BCUT2D eigenvalue weighted by Crippen LogP contribution is -2.11. The molecule has 0 aliphatic heterocycles. The van der Waals surface area contributed by atoms with E-state index in [4.69, 9.17) is 4.98 Å². The highest BCUT2D eigenvalue weighted by molar-refractivity contribution is 6.05. The third-order valence-corrected chi connectivity index (χ3v) is 5.78. The Labute approximate surface area is 190 Å². The largest absolute Gasteiger partial charge is 0.326 e. The number of hydrogen-bond acceptors (Lipinski definition) is 6. The van der Waals surface area contributed by atoms with Gasteiger partial charge in [-0.2, -0.15) is 15.3 Å². The molecule has 33 heavy (non-hydrogen) atoms. The first-order chi connectivity index (χ1) is 16.0. The van der Waals surface area contributed by atoms with Gasteiger partial charge in [-0.25, -0.2) is 4.98 Å². The summed E-state index contributed by atoms with van der Waals surface area (Å²) in [7, 11) is 5.65. The zero-order chi connectivity index (χ0) is 22.9. The fourth-order valence-electron chi connectivity index (χ4n) is 4.12. The van der Waals surface area contributed by atoms with Crippen molar-refractivity contribution in [2.75, 3.05) is 7.05 Å². The van der Waals surface area contributed by atoms with E-state index in [1.807, 2.05) is 73.4 Å². The monoisotopic (exact) mass is 440 g/mol. The van der Waals surface area contributed by atoms with E-state index < -0.39 is 0 Å². The molecule has 0 spiro atoms. The van der Waals surface area contributed by atoms with E-state index in [0.29, 0.717) is 18.7 Å². The number of nitrogens with one attached hydrogen (secondary N) is 1. The van der Waals surface area contributed by atoms with Crippen molar-refractivity contribution in [2.24, 2.45) is 19.2 Å². The van der Waals surface area contributed by atoms with Crippen LogP contribution in [0.3, 0.4) is 0 Å². The fourth-order valence-corrected chi connectivity index (χ4v) is 4.12. The highest BCUT2D eigenvalue weighted by Gasteiger charge is 2.16. The first-order valence-electron chi connectivity index (χ1n) is 10.6. The Kier molecular flexibility index (Phi) is 5.21. The van der Waals surface area contributed by atoms with Crippen LogP contribution in [0.15, 0.2) is 53.9 Å². The molecule has 5 aromatic rings. The predicted octanol–water partition coefficient (Wildman–Crippen LogP) is 3.05. The molecule has 0 radical (unpaired) electrons. The number of aromatic amines is 1. The van der Waals surface area contributed by atoms with Gasteiger partial charge in [0.25, 0.3) is 0 Å². The van der Waals surface area contributed by atoms with Crippen LogP contribution in [0.5, 0.6) is 0 Å². The maximum Gasteiger partial charge on any atom is 0.167 e. The molecule has 1 N–H and O–H groups in total. The number of aryl methyl sites for hydroxylation is 2. The summed E-state index contributed by atoms with van der Waals surface area (Å²) < 4.78 is 3.59. The summed E-state index contributed by atoms with van der Waals surface area (Å²) >= 11 is 0. The molecule has 0 bridgehead atoms. The molecule has 5 rings (SSSR count). The van der Waals surface area contributed by atoms with Crippen molar-refractivity contribution in [3.8, 4) is 0 Å². The molecule has 9 nitrogen and oxygen atoms in total. The second-order valence-corrected chi connectivity index (χ2v) is 8.12. The number of H-pyrrole nitrogens is 1. The Morgan fingerprint density at radius 3 is 2.79 bits per heavy atom. The zero-order valence-electron chi connectivity index (χ0n) is 18.7. The van der Waals surface area contributed by atoms with Crippen LogP contribution >= 0.6 is 0 Å². The summed E-state index contributed by atoms with van der Waals surface area (Å²) in [6, 6.07) is 12.0. The van der Waals surface area contributed by atoms with E-state index >= 15 is 0 Å². The fraction of sp³-hybridized carbons (Fsp3) is 0.208. The number of nitrogens with zero attached hydrogens (tertiary/aromatic N) is 7. The first kappa shape index (κ1) is 20.6. The van der Waals surface area contributed by atoms with Crippen molar-refractivity contribution >= 4 is 34.4 Å². The molecule has 9 heteroatoms. The maximum atomic E-state index is 11.9. The van der Waals surface area contributed by atoms with Crippen molar-refractivity contribution in [3.63, 3.8) is 0 Å². The highest BCUT2D eigenvalue weighted by Crippen LogP contribution is 2.23. The van der Waals surface area contributed by atoms with Crippen molar-refractivity contribution in [3.05, 3.63) is 77.0 Å². The van der Waals surface area contributed by atoms with E-state index in [1.165, 1.54) is 0 Å². The Balaban J connectivity index is 1.43. The van der Waals surface area contributed by atoms with Gasteiger partial charge in [0.15, 0.2) is 6.29 Å². The molecule has 0 atom stereocenters. The lowest BCUT2D eigenvalue weighted by Gasteiger charge is -2.13. The Hall–Kier alpha value is -4.27. The van der Waals surface area contributed by atoms with Gasteiger partial charge in [0.05, 0.1) is 35.9 Å². The van der Waals surface area contributed by atoms with Gasteiger partial charge < -0.3 is 4.57 Å². The summed E-state index contributed by atoms with van der Waals surface area (Å²) in [5, 5.41) is 20.0. The number of benzene rings is 1. The lowest BCUT2D eigenvalue weighted by atomic mass is 10.1. The summed E-state index contributed by atoms with van der Waals surface area (Å²) in [4.78, 5) is 16.7. The summed E-state index contributed by atoms with van der Waals surface area (Å²) in [5.41, 5.74) is 6.01. The highest BCUT2D eigenvalue weighted by atomic mass is 16.1. The molecule has 1 aromatic carbocycles. The molecule has 4 heterocycles. The Morgan fingerprint density at radius 2 is 2.00 bits per heavy atom. The van der Waals surface area contributed by atoms with Crippen molar-refractivity contribution in [2.45, 2.75) is 13.0 Å². The molecule has 0 aliphatic carbocycles. The van der Waals surface area contributed by atoms with Gasteiger partial charge in [-0.15, -0.1) is 0 Å². The first-order valence-corrected chi connectivity index (χ1v) is 10.6. The quantitative estimate of drug-likeness (QED) is 0.238. The van der Waals surface area contributed by atoms with Gasteiger partial charge in [0, 0.05) is 55.8 Å². The van der Waals surface area contributed by atoms with E-state index in [1.54, 1.807) is 10.9 Å². The number of pyridine rings is 1. The third-order valence-electron chi connectivity index (χ3n) is 5.78. The van der Waals surface area contributed by atoms with Crippen LogP contribution in [-0.4, -0.2) is 54.1 Å². The molecule has 0 fully saturated rings. The minimum absolute atomic E-state index is 0.543. The topological polar surface area (TPSA) is 97.0 Å². The summed E-state index contributed by atoms with van der Waals surface area (Å²) in [6.45, 7) is 0.612. The second kappa shape index (κ2) is 8.34. The van der Waals surface area contributed by atoms with Crippen molar-refractivity contribution in [1.29, 1.82) is 0 Å². The molecule has 4 aromatic heterocycles. The van der Waals surface area contributed by atoms with Gasteiger partial charge in [-0.05, 0) is 29.8 Å². The van der Waals surface area contributed by atoms with Gasteiger partial charge in [0.2, 0.25) is 0 Å². The molecular formula is C24H24N8O. The summed E-state index contributed by atoms with van der Waals surface area (Å²) in [6.07, 6.45) is 6.96. The van der Waals surface area contributed by atoms with Crippen LogP contribution < -0.4 is 0 Å². The molecule has 166 valence electrons. The smallest absolute Gasteiger partial charge is 0.167 e. The van der Waals surface area contributed by atoms with Crippen molar-refractivity contribution in [1.82, 2.24) is 34.5 Å². The molecule has 0 aliphatic rings. The maximum absolute atomic E-state index is 11.9. The number of aldehydes is 1. The van der Waals surface area contributed by atoms with E-state index in [-0.39, 0.29) is 0 Å². The molecule has 0 unspecified atom stereocenters. The van der Waals surface area contributed by atoms with Crippen LogP contribution in [-0.2, 0) is 27.1 Å². The average Bonchev–Trinajstić information content (AvgIpc) is 3.51. The van der Waals surface area contributed by atoms with E-state index in [0.717, 1.165) is 50.7 Å². The van der Waals surface area contributed by atoms with Gasteiger partial charge >= 0.3 is 0 Å². The van der Waals surface area contributed by atoms with Crippen LogP contribution in [0.4, 0.5) is 0 Å². The number of hydrazone groups is 1. The number of hydrogen-bond donors (Lipinski definition) is 1. The van der Waals surface area contributed by atoms with Gasteiger partial charge in [-0.3, -0.25) is 19.6 Å². The van der Waals surface area contributed by atoms with E-state index in [9.17, 15) is 4.79 Å². The number of carbonyl (C=O) groups excluding carboxylic acids is 1. The molecule has 0 amide bonds. The lowest BCUT2D eigenvalue weighted by molar-refractivity contribution is 0.111. The zero-order valence-corrected chi connectivity index (χ0v) is 18.7. The average molecular weight is 441 g/mol. The predicted molar refractivity (Wildman–Crippen MR) is 127 cm³/mol. The van der Waals surface area contributed by atoms with Crippen LogP contribution in [0, 0.1) is 0 Å². The van der Waals surface area contributed by atoms with Crippen LogP contribution in [0.2, 0.25) is 0 Å².